The average molecular weight is 241 g/mol. The average Bonchev–Trinajstić information content (AvgIpc) is 3.00. The van der Waals surface area contributed by atoms with E-state index >= 15 is 0 Å². The predicted octanol–water partition coefficient (Wildman–Crippen LogP) is 3.99. The molecule has 3 heteroatoms. The molecule has 0 aliphatic rings. The highest BCUT2D eigenvalue weighted by atomic mass is 32.1. The Morgan fingerprint density at radius 1 is 1.12 bits per heavy atom. The Morgan fingerprint density at radius 3 is 2.76 bits per heavy atom. The van der Waals surface area contributed by atoms with Crippen LogP contribution in [0.25, 0.3) is 11.5 Å². The second-order valence-corrected chi connectivity index (χ2v) is 4.60. The Hall–Kier alpha value is -1.87. The Labute approximate surface area is 104 Å². The third kappa shape index (κ3) is 2.29. The number of rotatable bonds is 3. The van der Waals surface area contributed by atoms with Gasteiger partial charge in [0.05, 0.1) is 5.69 Å². The fourth-order valence-electron chi connectivity index (χ4n) is 1.71. The molecule has 0 saturated heterocycles. The molecule has 0 N–H and O–H groups in total. The van der Waals surface area contributed by atoms with E-state index < -0.39 is 0 Å². The summed E-state index contributed by atoms with van der Waals surface area (Å²) in [4.78, 5) is 4.49. The van der Waals surface area contributed by atoms with Crippen molar-refractivity contribution in [2.45, 2.75) is 6.42 Å². The Balaban J connectivity index is 1.82. The number of aromatic nitrogens is 1. The van der Waals surface area contributed by atoms with Crippen LogP contribution in [-0.4, -0.2) is 4.98 Å². The van der Waals surface area contributed by atoms with Gasteiger partial charge in [-0.3, -0.25) is 0 Å². The fraction of sp³-hybridized carbons (Fsp3) is 0.0714. The zero-order valence-corrected chi connectivity index (χ0v) is 9.98. The summed E-state index contributed by atoms with van der Waals surface area (Å²) >= 11 is 1.65. The number of hydrogen-bond acceptors (Lipinski definition) is 3. The highest BCUT2D eigenvalue weighted by Gasteiger charge is 2.07. The van der Waals surface area contributed by atoms with Gasteiger partial charge in [-0.15, -0.1) is 0 Å². The molecule has 2 aromatic heterocycles. The molecule has 0 atom stereocenters. The molecule has 0 fully saturated rings. The maximum atomic E-state index is 5.48. The number of benzene rings is 1. The van der Waals surface area contributed by atoms with Crippen LogP contribution in [-0.2, 0) is 6.42 Å². The van der Waals surface area contributed by atoms with E-state index in [4.69, 9.17) is 4.42 Å². The lowest BCUT2D eigenvalue weighted by Gasteiger charge is -1.95. The highest BCUT2D eigenvalue weighted by molar-refractivity contribution is 7.08. The largest absolute Gasteiger partial charge is 0.444 e. The van der Waals surface area contributed by atoms with Gasteiger partial charge in [0.2, 0.25) is 5.89 Å². The molecule has 0 aliphatic heterocycles. The molecule has 3 aromatic rings. The number of oxazole rings is 1. The first-order valence-corrected chi connectivity index (χ1v) is 6.37. The van der Waals surface area contributed by atoms with Gasteiger partial charge in [0.15, 0.2) is 0 Å². The summed E-state index contributed by atoms with van der Waals surface area (Å²) in [6.45, 7) is 0. The first kappa shape index (κ1) is 10.3. The lowest BCUT2D eigenvalue weighted by atomic mass is 10.1. The van der Waals surface area contributed by atoms with E-state index in [-0.39, 0.29) is 0 Å². The normalized spacial score (nSPS) is 10.6. The van der Waals surface area contributed by atoms with Crippen LogP contribution >= 0.6 is 11.3 Å². The molecular formula is C14H11NOS. The van der Waals surface area contributed by atoms with Crippen molar-refractivity contribution in [3.63, 3.8) is 0 Å². The molecular weight excluding hydrogens is 230 g/mol. The van der Waals surface area contributed by atoms with Crippen LogP contribution in [0.2, 0.25) is 0 Å². The second-order valence-electron chi connectivity index (χ2n) is 3.82. The number of hydrogen-bond donors (Lipinski definition) is 0. The Kier molecular flexibility index (Phi) is 2.76. The first-order chi connectivity index (χ1) is 8.42. The van der Waals surface area contributed by atoms with E-state index in [9.17, 15) is 0 Å². The summed E-state index contributed by atoms with van der Waals surface area (Å²) in [6.07, 6.45) is 2.55. The van der Waals surface area contributed by atoms with E-state index in [2.05, 4.69) is 17.1 Å². The summed E-state index contributed by atoms with van der Waals surface area (Å²) in [6, 6.07) is 12.3. The van der Waals surface area contributed by atoms with Gasteiger partial charge in [0, 0.05) is 17.4 Å². The molecule has 0 amide bonds. The van der Waals surface area contributed by atoms with Crippen molar-refractivity contribution in [1.29, 1.82) is 0 Å². The smallest absolute Gasteiger partial charge is 0.226 e. The first-order valence-electron chi connectivity index (χ1n) is 5.43. The van der Waals surface area contributed by atoms with Crippen molar-refractivity contribution in [3.05, 3.63) is 64.7 Å². The van der Waals surface area contributed by atoms with Gasteiger partial charge >= 0.3 is 0 Å². The molecule has 0 unspecified atom stereocenters. The van der Waals surface area contributed by atoms with Crippen molar-refractivity contribution >= 4 is 11.3 Å². The SMILES string of the molecule is c1ccc(Cc2coc(-c3ccsc3)n2)cc1. The topological polar surface area (TPSA) is 26.0 Å². The standard InChI is InChI=1S/C14H11NOS/c1-2-4-11(5-3-1)8-13-9-16-14(15-13)12-6-7-17-10-12/h1-7,9-10H,8H2. The predicted molar refractivity (Wildman–Crippen MR) is 69.1 cm³/mol. The summed E-state index contributed by atoms with van der Waals surface area (Å²) in [7, 11) is 0. The quantitative estimate of drug-likeness (QED) is 0.693. The molecule has 17 heavy (non-hydrogen) atoms. The van der Waals surface area contributed by atoms with E-state index in [1.165, 1.54) is 5.56 Å². The molecule has 1 aromatic carbocycles. The van der Waals surface area contributed by atoms with Crippen LogP contribution in [0.1, 0.15) is 11.3 Å². The lowest BCUT2D eigenvalue weighted by Crippen LogP contribution is -1.87. The Morgan fingerprint density at radius 2 is 2.00 bits per heavy atom. The zero-order chi connectivity index (χ0) is 11.5. The minimum absolute atomic E-state index is 0.706. The van der Waals surface area contributed by atoms with Crippen LogP contribution in [0, 0.1) is 0 Å². The Bertz CT molecular complexity index is 584. The summed E-state index contributed by atoms with van der Waals surface area (Å²) in [5, 5.41) is 4.06. The van der Waals surface area contributed by atoms with Crippen LogP contribution < -0.4 is 0 Å². The molecule has 84 valence electrons. The molecule has 2 nitrogen and oxygen atoms in total. The molecule has 3 rings (SSSR count). The molecule has 0 bridgehead atoms. The minimum Gasteiger partial charge on any atom is -0.444 e. The maximum absolute atomic E-state index is 5.48. The van der Waals surface area contributed by atoms with Crippen molar-refractivity contribution < 1.29 is 4.42 Å². The van der Waals surface area contributed by atoms with Crippen molar-refractivity contribution in [3.8, 4) is 11.5 Å². The third-order valence-corrected chi connectivity index (χ3v) is 3.23. The molecule has 0 radical (unpaired) electrons. The van der Waals surface area contributed by atoms with Gasteiger partial charge in [-0.25, -0.2) is 4.98 Å². The summed E-state index contributed by atoms with van der Waals surface area (Å²) < 4.78 is 5.48. The molecule has 0 spiro atoms. The number of nitrogens with zero attached hydrogens (tertiary/aromatic N) is 1. The summed E-state index contributed by atoms with van der Waals surface area (Å²) in [5.41, 5.74) is 3.27. The molecule has 2 heterocycles. The lowest BCUT2D eigenvalue weighted by molar-refractivity contribution is 0.573. The van der Waals surface area contributed by atoms with Gasteiger partial charge in [-0.2, -0.15) is 11.3 Å². The van der Waals surface area contributed by atoms with E-state index in [0.29, 0.717) is 5.89 Å². The zero-order valence-electron chi connectivity index (χ0n) is 9.17. The van der Waals surface area contributed by atoms with Gasteiger partial charge in [-0.1, -0.05) is 30.3 Å². The van der Waals surface area contributed by atoms with Gasteiger partial charge in [0.25, 0.3) is 0 Å². The minimum atomic E-state index is 0.706. The second kappa shape index (κ2) is 4.55. The number of thiophene rings is 1. The molecule has 0 aliphatic carbocycles. The van der Waals surface area contributed by atoms with Crippen LogP contribution in [0.3, 0.4) is 0 Å². The van der Waals surface area contributed by atoms with E-state index in [1.807, 2.05) is 35.0 Å². The van der Waals surface area contributed by atoms with Crippen LogP contribution in [0.4, 0.5) is 0 Å². The monoisotopic (exact) mass is 241 g/mol. The summed E-state index contributed by atoms with van der Waals surface area (Å²) in [5.74, 6) is 0.706. The van der Waals surface area contributed by atoms with Crippen molar-refractivity contribution in [2.24, 2.45) is 0 Å². The van der Waals surface area contributed by atoms with Crippen molar-refractivity contribution in [1.82, 2.24) is 4.98 Å². The van der Waals surface area contributed by atoms with E-state index in [1.54, 1.807) is 17.6 Å². The van der Waals surface area contributed by atoms with Gasteiger partial charge < -0.3 is 4.42 Å². The maximum Gasteiger partial charge on any atom is 0.226 e. The highest BCUT2D eigenvalue weighted by Crippen LogP contribution is 2.22. The van der Waals surface area contributed by atoms with E-state index in [0.717, 1.165) is 17.7 Å². The third-order valence-electron chi connectivity index (χ3n) is 2.55. The fourth-order valence-corrected chi connectivity index (χ4v) is 2.34. The van der Waals surface area contributed by atoms with Gasteiger partial charge in [-0.05, 0) is 17.0 Å². The van der Waals surface area contributed by atoms with Gasteiger partial charge in [0.1, 0.15) is 6.26 Å². The van der Waals surface area contributed by atoms with Crippen molar-refractivity contribution in [2.75, 3.05) is 0 Å². The van der Waals surface area contributed by atoms with Crippen LogP contribution in [0.5, 0.6) is 0 Å². The van der Waals surface area contributed by atoms with Crippen LogP contribution in [0.15, 0.2) is 57.8 Å². The molecule has 0 saturated carbocycles.